The molecule has 0 saturated heterocycles. The van der Waals surface area contributed by atoms with Crippen molar-refractivity contribution in [2.75, 3.05) is 0 Å². The lowest BCUT2D eigenvalue weighted by Gasteiger charge is -2.75. The smallest absolute Gasteiger partial charge is 0.0205 e. The van der Waals surface area contributed by atoms with Crippen molar-refractivity contribution >= 4 is 47.0 Å². The fourth-order valence-corrected chi connectivity index (χ4v) is 35.4. The minimum atomic E-state index is 0.570. The van der Waals surface area contributed by atoms with Gasteiger partial charge in [0.1, 0.15) is 0 Å². The zero-order chi connectivity index (χ0) is 35.0. The van der Waals surface area contributed by atoms with Gasteiger partial charge in [-0.2, -0.15) is 0 Å². The van der Waals surface area contributed by atoms with E-state index in [1.807, 2.05) is 0 Å². The highest BCUT2D eigenvalue weighted by molar-refractivity contribution is 8.05. The van der Waals surface area contributed by atoms with Gasteiger partial charge < -0.3 is 0 Å². The molecule has 0 aliphatic heterocycles. The molecule has 0 atom stereocenters. The van der Waals surface area contributed by atoms with Crippen molar-refractivity contribution < 1.29 is 0 Å². The molecule has 0 nitrogen and oxygen atoms in total. The molecule has 0 radical (unpaired) electrons. The highest BCUT2D eigenvalue weighted by Gasteiger charge is 2.74. The Bertz CT molecular complexity index is 1210. The molecule has 20 aliphatic carbocycles. The van der Waals surface area contributed by atoms with Gasteiger partial charge in [0, 0.05) is 38.0 Å². The third-order valence-corrected chi connectivity index (χ3v) is 28.7. The summed E-state index contributed by atoms with van der Waals surface area (Å²) in [5.41, 5.74) is 0. The first-order valence-corrected chi connectivity index (χ1v) is 28.1. The highest BCUT2D eigenvalue weighted by Crippen LogP contribution is 2.82. The van der Waals surface area contributed by atoms with Crippen LogP contribution in [0.15, 0.2) is 0 Å². The van der Waals surface area contributed by atoms with Gasteiger partial charge in [-0.1, -0.05) is 0 Å². The lowest BCUT2D eigenvalue weighted by Crippen LogP contribution is -2.71. The van der Waals surface area contributed by atoms with E-state index in [9.17, 15) is 0 Å². The number of hydrogen-bond acceptors (Lipinski definition) is 4. The molecular formula is C50H72S4. The minimum Gasteiger partial charge on any atom is -0.148 e. The molecule has 20 bridgehead atoms. The summed E-state index contributed by atoms with van der Waals surface area (Å²) in [6.07, 6.45) is 48.9. The van der Waals surface area contributed by atoms with Gasteiger partial charge in [0.05, 0.1) is 0 Å². The van der Waals surface area contributed by atoms with E-state index in [-0.39, 0.29) is 0 Å². The summed E-state index contributed by atoms with van der Waals surface area (Å²) >= 11 is 11.4. The van der Waals surface area contributed by atoms with Crippen molar-refractivity contribution in [2.24, 2.45) is 71.0 Å². The van der Waals surface area contributed by atoms with E-state index in [4.69, 9.17) is 0 Å². The quantitative estimate of drug-likeness (QED) is 0.240. The lowest BCUT2D eigenvalue weighted by atomic mass is 9.53. The van der Waals surface area contributed by atoms with E-state index in [0.717, 1.165) is 71.0 Å². The second-order valence-electron chi connectivity index (χ2n) is 26.6. The number of rotatable bonds is 8. The topological polar surface area (TPSA) is 0 Å². The second-order valence-corrected chi connectivity index (χ2v) is 34.3. The Morgan fingerprint density at radius 2 is 0.315 bits per heavy atom. The molecule has 0 N–H and O–H groups in total. The standard InChI is InChI=1S/C50H72S4/c1-31-2-33-3-32(1)14-43(13-31,15-33)51-47-25-48(52-44-16-34-4-35(17-44)6-36(5-34)18-44)28-49(26-47,53-45-19-37-7-38(20-45)9-39(8-37)21-45)30-50(27-47,29-48)54-46-22-40-10-41(23-46)12-42(11-40)24-46/h31-42H,1-30H2. The molecule has 0 aromatic heterocycles. The largest absolute Gasteiger partial charge is 0.148 e. The van der Waals surface area contributed by atoms with Gasteiger partial charge in [0.2, 0.25) is 0 Å². The monoisotopic (exact) mass is 800 g/mol. The van der Waals surface area contributed by atoms with Crippen LogP contribution in [0, 0.1) is 71.0 Å². The first-order chi connectivity index (χ1) is 26.0. The van der Waals surface area contributed by atoms with Crippen LogP contribution in [0.5, 0.6) is 0 Å². The maximum absolute atomic E-state index is 2.85. The fraction of sp³-hybridized carbons (Fsp3) is 1.00. The van der Waals surface area contributed by atoms with Crippen LogP contribution in [-0.2, 0) is 0 Å². The van der Waals surface area contributed by atoms with Crippen LogP contribution in [-0.4, -0.2) is 38.0 Å². The van der Waals surface area contributed by atoms with E-state index < -0.39 is 0 Å². The average Bonchev–Trinajstić information content (AvgIpc) is 2.99. The zero-order valence-corrected chi connectivity index (χ0v) is 37.0. The van der Waals surface area contributed by atoms with Crippen LogP contribution in [0.1, 0.15) is 193 Å². The zero-order valence-electron chi connectivity index (χ0n) is 33.8. The first kappa shape index (κ1) is 34.0. The first-order valence-electron chi connectivity index (χ1n) is 24.8. The summed E-state index contributed by atoms with van der Waals surface area (Å²) in [6, 6.07) is 0. The van der Waals surface area contributed by atoms with Crippen LogP contribution in [0.25, 0.3) is 0 Å². The van der Waals surface area contributed by atoms with E-state index >= 15 is 0 Å². The maximum Gasteiger partial charge on any atom is 0.0205 e. The highest BCUT2D eigenvalue weighted by atomic mass is 32.2. The van der Waals surface area contributed by atoms with Crippen molar-refractivity contribution in [3.63, 3.8) is 0 Å². The normalized spacial score (nSPS) is 66.7. The molecule has 0 amide bonds. The summed E-state index contributed by atoms with van der Waals surface area (Å²) < 4.78 is 4.91. The van der Waals surface area contributed by atoms with Gasteiger partial charge in [0.25, 0.3) is 0 Å². The van der Waals surface area contributed by atoms with Crippen LogP contribution < -0.4 is 0 Å². The van der Waals surface area contributed by atoms with Gasteiger partial charge in [0.15, 0.2) is 0 Å². The Labute approximate surface area is 346 Å². The molecule has 20 aliphatic rings. The van der Waals surface area contributed by atoms with E-state index in [1.54, 1.807) is 193 Å². The molecule has 0 aromatic rings. The van der Waals surface area contributed by atoms with Crippen molar-refractivity contribution in [3.05, 3.63) is 0 Å². The molecule has 4 heteroatoms. The second kappa shape index (κ2) is 10.9. The van der Waals surface area contributed by atoms with E-state index in [1.165, 1.54) is 0 Å². The third kappa shape index (κ3) is 5.11. The predicted molar refractivity (Wildman–Crippen MR) is 233 cm³/mol. The van der Waals surface area contributed by atoms with Crippen molar-refractivity contribution in [1.82, 2.24) is 0 Å². The Kier molecular flexibility index (Phi) is 6.86. The molecule has 20 rings (SSSR count). The SMILES string of the molecule is C1C2CC3CC1CC(SC14CC5(SC67CC8CC(CC(C8)C6)C7)CC(SC67CC8CC(CC(C8)C6)C7)(C1)CC(SC16CC7CC(CC(C7)C1)C6)(C4)C5)(C2)C3. The molecule has 0 unspecified atom stereocenters. The van der Waals surface area contributed by atoms with Crippen LogP contribution >= 0.6 is 47.0 Å². The molecule has 20 fully saturated rings. The van der Waals surface area contributed by atoms with Gasteiger partial charge in [-0.15, -0.1) is 47.0 Å². The lowest BCUT2D eigenvalue weighted by molar-refractivity contribution is 0.0269. The molecule has 0 spiro atoms. The molecule has 0 heterocycles. The summed E-state index contributed by atoms with van der Waals surface area (Å²) in [7, 11) is 0. The van der Waals surface area contributed by atoms with E-state index in [2.05, 4.69) is 47.0 Å². The summed E-state index contributed by atoms with van der Waals surface area (Å²) in [4.78, 5) is 0. The molecule has 20 saturated carbocycles. The molecule has 0 aromatic carbocycles. The van der Waals surface area contributed by atoms with Gasteiger partial charge in [-0.05, 0) is 264 Å². The van der Waals surface area contributed by atoms with Crippen molar-refractivity contribution in [2.45, 2.75) is 231 Å². The molecule has 296 valence electrons. The Morgan fingerprint density at radius 1 is 0.185 bits per heavy atom. The van der Waals surface area contributed by atoms with Gasteiger partial charge >= 0.3 is 0 Å². The number of thioether (sulfide) groups is 4. The molecule has 54 heavy (non-hydrogen) atoms. The summed E-state index contributed by atoms with van der Waals surface area (Å²) in [5.74, 6) is 13.2. The van der Waals surface area contributed by atoms with E-state index in [0.29, 0.717) is 38.0 Å². The summed E-state index contributed by atoms with van der Waals surface area (Å²) in [6.45, 7) is 0. The Hall–Kier alpha value is 1.40. The van der Waals surface area contributed by atoms with Crippen LogP contribution in [0.3, 0.4) is 0 Å². The van der Waals surface area contributed by atoms with Crippen LogP contribution in [0.4, 0.5) is 0 Å². The Balaban J connectivity index is 0.865. The predicted octanol–water partition coefficient (Wildman–Crippen LogP) is 14.1. The third-order valence-electron chi connectivity index (χ3n) is 21.5. The maximum atomic E-state index is 2.85. The van der Waals surface area contributed by atoms with Gasteiger partial charge in [-0.25, -0.2) is 0 Å². The van der Waals surface area contributed by atoms with Crippen molar-refractivity contribution in [3.8, 4) is 0 Å². The molecular weight excluding hydrogens is 729 g/mol. The Morgan fingerprint density at radius 3 is 0.444 bits per heavy atom. The summed E-state index contributed by atoms with van der Waals surface area (Å²) in [5, 5.41) is 0. The average molecular weight is 801 g/mol. The van der Waals surface area contributed by atoms with Gasteiger partial charge in [-0.3, -0.25) is 0 Å². The fourth-order valence-electron chi connectivity index (χ4n) is 23.2. The van der Waals surface area contributed by atoms with Crippen LogP contribution in [0.2, 0.25) is 0 Å². The minimum absolute atomic E-state index is 0.570. The van der Waals surface area contributed by atoms with Crippen molar-refractivity contribution in [1.29, 1.82) is 0 Å². The number of hydrogen-bond donors (Lipinski definition) is 0.